The fraction of sp³-hybridized carbons (Fsp3) is 0.353. The predicted molar refractivity (Wildman–Crippen MR) is 89.0 cm³/mol. The van der Waals surface area contributed by atoms with Crippen LogP contribution in [0.2, 0.25) is 0 Å². The number of nitrogens with one attached hydrogen (secondary N) is 1. The maximum atomic E-state index is 4.58. The van der Waals surface area contributed by atoms with Crippen molar-refractivity contribution in [2.75, 3.05) is 5.32 Å². The van der Waals surface area contributed by atoms with Gasteiger partial charge in [0.2, 0.25) is 0 Å². The Balaban J connectivity index is 1.99. The summed E-state index contributed by atoms with van der Waals surface area (Å²) in [7, 11) is 0. The molecule has 2 heterocycles. The van der Waals surface area contributed by atoms with E-state index in [9.17, 15) is 0 Å². The minimum Gasteiger partial charge on any atom is -0.364 e. The molecule has 5 heteroatoms. The first-order valence-electron chi connectivity index (χ1n) is 7.59. The molecule has 0 spiro atoms. The number of aromatic nitrogens is 4. The molecule has 0 aliphatic heterocycles. The maximum absolute atomic E-state index is 4.58. The minimum absolute atomic E-state index is 0.737. The van der Waals surface area contributed by atoms with Crippen LogP contribution in [0.15, 0.2) is 24.3 Å². The Morgan fingerprint density at radius 2 is 1.95 bits per heavy atom. The molecule has 5 nitrogen and oxygen atoms in total. The predicted octanol–water partition coefficient (Wildman–Crippen LogP) is 3.38. The zero-order valence-electron chi connectivity index (χ0n) is 13.5. The van der Waals surface area contributed by atoms with Gasteiger partial charge in [0.15, 0.2) is 5.82 Å². The molecule has 0 unspecified atom stereocenters. The number of benzene rings is 1. The SMILES string of the molecule is CCn1nc(C)c2nc(C)nc(NCc3cccc(C)c3)c21. The maximum Gasteiger partial charge on any atom is 0.156 e. The van der Waals surface area contributed by atoms with Crippen molar-refractivity contribution >= 4 is 16.9 Å². The Morgan fingerprint density at radius 3 is 2.68 bits per heavy atom. The van der Waals surface area contributed by atoms with Crippen molar-refractivity contribution in [2.45, 2.75) is 40.8 Å². The van der Waals surface area contributed by atoms with E-state index in [0.717, 1.165) is 41.5 Å². The summed E-state index contributed by atoms with van der Waals surface area (Å²) in [6, 6.07) is 8.48. The molecule has 0 fully saturated rings. The van der Waals surface area contributed by atoms with Crippen molar-refractivity contribution in [3.8, 4) is 0 Å². The lowest BCUT2D eigenvalue weighted by Crippen LogP contribution is -2.07. The molecular formula is C17H21N5. The van der Waals surface area contributed by atoms with Crippen LogP contribution in [0.3, 0.4) is 0 Å². The Labute approximate surface area is 130 Å². The molecular weight excluding hydrogens is 274 g/mol. The Hall–Kier alpha value is -2.43. The van der Waals surface area contributed by atoms with Gasteiger partial charge >= 0.3 is 0 Å². The number of fused-ring (bicyclic) bond motifs is 1. The molecule has 0 aliphatic carbocycles. The molecule has 114 valence electrons. The van der Waals surface area contributed by atoms with Crippen molar-refractivity contribution in [2.24, 2.45) is 0 Å². The van der Waals surface area contributed by atoms with Gasteiger partial charge in [-0.15, -0.1) is 0 Å². The molecule has 0 bridgehead atoms. The highest BCUT2D eigenvalue weighted by Crippen LogP contribution is 2.23. The normalized spacial score (nSPS) is 11.1. The first-order valence-corrected chi connectivity index (χ1v) is 7.59. The molecule has 1 N–H and O–H groups in total. The van der Waals surface area contributed by atoms with E-state index in [2.05, 4.69) is 58.5 Å². The number of rotatable bonds is 4. The van der Waals surface area contributed by atoms with Gasteiger partial charge in [0.25, 0.3) is 0 Å². The third-order valence-electron chi connectivity index (χ3n) is 3.71. The third-order valence-corrected chi connectivity index (χ3v) is 3.71. The second-order valence-electron chi connectivity index (χ2n) is 5.56. The van der Waals surface area contributed by atoms with E-state index in [1.807, 2.05) is 18.5 Å². The topological polar surface area (TPSA) is 55.6 Å². The van der Waals surface area contributed by atoms with Crippen LogP contribution in [0.25, 0.3) is 11.0 Å². The zero-order chi connectivity index (χ0) is 15.7. The summed E-state index contributed by atoms with van der Waals surface area (Å²) >= 11 is 0. The number of hydrogen-bond donors (Lipinski definition) is 1. The molecule has 3 aromatic rings. The van der Waals surface area contributed by atoms with Gasteiger partial charge in [-0.05, 0) is 33.3 Å². The summed E-state index contributed by atoms with van der Waals surface area (Å²) in [5.74, 6) is 1.62. The lowest BCUT2D eigenvalue weighted by Gasteiger charge is -2.10. The molecule has 0 saturated heterocycles. The van der Waals surface area contributed by atoms with Gasteiger partial charge in [0, 0.05) is 13.1 Å². The summed E-state index contributed by atoms with van der Waals surface area (Å²) in [5, 5.41) is 8.00. The van der Waals surface area contributed by atoms with E-state index in [1.54, 1.807) is 0 Å². The quantitative estimate of drug-likeness (QED) is 0.801. The molecule has 2 aromatic heterocycles. The molecule has 22 heavy (non-hydrogen) atoms. The van der Waals surface area contributed by atoms with Gasteiger partial charge in [-0.1, -0.05) is 29.8 Å². The molecule has 0 atom stereocenters. The van der Waals surface area contributed by atoms with Crippen LogP contribution in [0.4, 0.5) is 5.82 Å². The average molecular weight is 295 g/mol. The Morgan fingerprint density at radius 1 is 1.14 bits per heavy atom. The van der Waals surface area contributed by atoms with Gasteiger partial charge in [0.1, 0.15) is 16.9 Å². The highest BCUT2D eigenvalue weighted by atomic mass is 15.3. The summed E-state index contributed by atoms with van der Waals surface area (Å²) in [5.41, 5.74) is 5.36. The van der Waals surface area contributed by atoms with Crippen molar-refractivity contribution in [1.82, 2.24) is 19.7 Å². The van der Waals surface area contributed by atoms with E-state index in [0.29, 0.717) is 0 Å². The first-order chi connectivity index (χ1) is 10.6. The number of hydrogen-bond acceptors (Lipinski definition) is 4. The minimum atomic E-state index is 0.737. The van der Waals surface area contributed by atoms with Crippen LogP contribution in [0, 0.1) is 20.8 Å². The lowest BCUT2D eigenvalue weighted by molar-refractivity contribution is 0.675. The van der Waals surface area contributed by atoms with Crippen LogP contribution >= 0.6 is 0 Å². The molecule has 0 aliphatic rings. The lowest BCUT2D eigenvalue weighted by atomic mass is 10.1. The highest BCUT2D eigenvalue weighted by Gasteiger charge is 2.14. The molecule has 0 amide bonds. The third kappa shape index (κ3) is 2.66. The standard InChI is InChI=1S/C17H21N5/c1-5-22-16-15(12(3)21-22)19-13(4)20-17(16)18-10-14-8-6-7-11(2)9-14/h6-9H,5,10H2,1-4H3,(H,18,19,20). The van der Waals surface area contributed by atoms with Crippen molar-refractivity contribution in [3.63, 3.8) is 0 Å². The van der Waals surface area contributed by atoms with Gasteiger partial charge in [-0.2, -0.15) is 5.10 Å². The monoisotopic (exact) mass is 295 g/mol. The van der Waals surface area contributed by atoms with Crippen molar-refractivity contribution < 1.29 is 0 Å². The number of aryl methyl sites for hydroxylation is 4. The number of nitrogens with zero attached hydrogens (tertiary/aromatic N) is 4. The van der Waals surface area contributed by atoms with Gasteiger partial charge < -0.3 is 5.32 Å². The summed E-state index contributed by atoms with van der Waals surface area (Å²) < 4.78 is 1.96. The number of anilines is 1. The Kier molecular flexibility index (Phi) is 3.79. The highest BCUT2D eigenvalue weighted by molar-refractivity contribution is 5.87. The van der Waals surface area contributed by atoms with Gasteiger partial charge in [0.05, 0.1) is 5.69 Å². The second-order valence-corrected chi connectivity index (χ2v) is 5.56. The first kappa shape index (κ1) is 14.5. The fourth-order valence-electron chi connectivity index (χ4n) is 2.70. The largest absolute Gasteiger partial charge is 0.364 e. The van der Waals surface area contributed by atoms with Crippen LogP contribution in [0.5, 0.6) is 0 Å². The van der Waals surface area contributed by atoms with Crippen molar-refractivity contribution in [3.05, 3.63) is 46.9 Å². The van der Waals surface area contributed by atoms with E-state index in [4.69, 9.17) is 0 Å². The Bertz CT molecular complexity index is 819. The van der Waals surface area contributed by atoms with E-state index in [1.165, 1.54) is 11.1 Å². The summed E-state index contributed by atoms with van der Waals surface area (Å²) in [6.45, 7) is 9.63. The summed E-state index contributed by atoms with van der Waals surface area (Å²) in [6.07, 6.45) is 0. The van der Waals surface area contributed by atoms with Crippen LogP contribution in [0.1, 0.15) is 29.6 Å². The fourth-order valence-corrected chi connectivity index (χ4v) is 2.70. The summed E-state index contributed by atoms with van der Waals surface area (Å²) in [4.78, 5) is 9.12. The van der Waals surface area contributed by atoms with Crippen LogP contribution in [-0.2, 0) is 13.1 Å². The van der Waals surface area contributed by atoms with Crippen molar-refractivity contribution in [1.29, 1.82) is 0 Å². The van der Waals surface area contributed by atoms with E-state index >= 15 is 0 Å². The molecule has 0 saturated carbocycles. The molecule has 3 rings (SSSR count). The van der Waals surface area contributed by atoms with Gasteiger partial charge in [-0.25, -0.2) is 9.97 Å². The van der Waals surface area contributed by atoms with Crippen LogP contribution < -0.4 is 5.32 Å². The van der Waals surface area contributed by atoms with Crippen LogP contribution in [-0.4, -0.2) is 19.7 Å². The van der Waals surface area contributed by atoms with E-state index in [-0.39, 0.29) is 0 Å². The second kappa shape index (κ2) is 5.75. The van der Waals surface area contributed by atoms with Gasteiger partial charge in [-0.3, -0.25) is 4.68 Å². The van der Waals surface area contributed by atoms with E-state index < -0.39 is 0 Å². The molecule has 1 aromatic carbocycles. The molecule has 0 radical (unpaired) electrons. The zero-order valence-corrected chi connectivity index (χ0v) is 13.5. The smallest absolute Gasteiger partial charge is 0.156 e. The average Bonchev–Trinajstić information content (AvgIpc) is 2.81.